The van der Waals surface area contributed by atoms with E-state index in [0.29, 0.717) is 0 Å². The zero-order valence-corrected chi connectivity index (χ0v) is 67.9. The first-order valence-electron chi connectivity index (χ1n) is 41.5. The maximum Gasteiger partial charge on any atom is 0.0585 e. The van der Waals surface area contributed by atoms with Gasteiger partial charge in [-0.1, -0.05) is 324 Å². The highest BCUT2D eigenvalue weighted by atomic mass is 15.2. The molecule has 4 nitrogen and oxygen atoms in total. The Kier molecular flexibility index (Phi) is 15.4. The number of nitrogens with zero attached hydrogens (tertiary/aromatic N) is 4. The van der Waals surface area contributed by atoms with Crippen molar-refractivity contribution in [2.24, 2.45) is 0 Å². The van der Waals surface area contributed by atoms with E-state index in [0.717, 1.165) is 34.1 Å². The van der Waals surface area contributed by atoms with Gasteiger partial charge in [0.1, 0.15) is 0 Å². The quantitative estimate of drug-likeness (QED) is 0.136. The predicted molar refractivity (Wildman–Crippen MR) is 492 cm³/mol. The molecule has 0 saturated carbocycles. The van der Waals surface area contributed by atoms with Crippen molar-refractivity contribution in [3.63, 3.8) is 0 Å². The predicted octanol–water partition coefficient (Wildman–Crippen LogP) is 30.2. The molecule has 0 fully saturated rings. The molecule has 0 atom stereocenters. The molecular weight excluding hydrogens is 1410 g/mol. The number of benzene rings is 16. The third-order valence-corrected chi connectivity index (χ3v) is 27.3. The molecule has 0 unspecified atom stereocenters. The molecule has 0 amide bonds. The van der Waals surface area contributed by atoms with Crippen LogP contribution in [-0.2, 0) is 27.1 Å². The minimum Gasteiger partial charge on any atom is -0.310 e. The Bertz CT molecular complexity index is 7140. The van der Waals surface area contributed by atoms with Crippen LogP contribution in [0.1, 0.15) is 125 Å². The molecule has 2 aromatic heterocycles. The van der Waals surface area contributed by atoms with Crippen LogP contribution in [0.25, 0.3) is 122 Å². The fraction of sp³-hybridized carbons (Fsp3) is 0.133. The van der Waals surface area contributed by atoms with Crippen LogP contribution in [0.15, 0.2) is 364 Å². The van der Waals surface area contributed by atoms with Crippen molar-refractivity contribution < 1.29 is 0 Å². The lowest BCUT2D eigenvalue weighted by Gasteiger charge is -2.29. The van der Waals surface area contributed by atoms with Crippen LogP contribution in [0.3, 0.4) is 0 Å². The summed E-state index contributed by atoms with van der Waals surface area (Å²) in [6.07, 6.45) is 0. The van der Waals surface area contributed by atoms with E-state index >= 15 is 0 Å². The zero-order valence-electron chi connectivity index (χ0n) is 67.9. The van der Waals surface area contributed by atoms with Gasteiger partial charge in [-0.15, -0.1) is 0 Å². The van der Waals surface area contributed by atoms with Crippen LogP contribution in [0.5, 0.6) is 0 Å². The van der Waals surface area contributed by atoms with Crippen LogP contribution < -0.4 is 9.80 Å². The summed E-state index contributed by atoms with van der Waals surface area (Å²) in [6, 6.07) is 136. The first kappa shape index (κ1) is 70.1. The van der Waals surface area contributed by atoms with Gasteiger partial charge >= 0.3 is 0 Å². The third kappa shape index (κ3) is 10.5. The normalized spacial score (nSPS) is 14.9. The van der Waals surface area contributed by atoms with Crippen molar-refractivity contribution in [2.45, 2.75) is 96.3 Å². The van der Waals surface area contributed by atoms with Gasteiger partial charge in [0.25, 0.3) is 0 Å². The van der Waals surface area contributed by atoms with Gasteiger partial charge in [-0.2, -0.15) is 0 Å². The summed E-state index contributed by atoms with van der Waals surface area (Å²) in [5, 5.41) is 5.07. The Labute approximate surface area is 686 Å². The average Bonchev–Trinajstić information content (AvgIpc) is 1.53. The smallest absolute Gasteiger partial charge is 0.0585 e. The molecule has 16 aromatic carbocycles. The minimum absolute atomic E-state index is 0.0965. The summed E-state index contributed by atoms with van der Waals surface area (Å²) in [5.74, 6) is 0. The van der Waals surface area contributed by atoms with Gasteiger partial charge in [0, 0.05) is 94.5 Å². The summed E-state index contributed by atoms with van der Waals surface area (Å²) in [7, 11) is 0. The summed E-state index contributed by atoms with van der Waals surface area (Å²) >= 11 is 0. The van der Waals surface area contributed by atoms with Gasteiger partial charge in [-0.3, -0.25) is 0 Å². The van der Waals surface area contributed by atoms with Crippen LogP contribution in [0.4, 0.5) is 34.1 Å². The molecule has 5 aliphatic rings. The third-order valence-electron chi connectivity index (χ3n) is 27.3. The lowest BCUT2D eigenvalue weighted by Crippen LogP contribution is -2.17. The first-order chi connectivity index (χ1) is 56.8. The summed E-state index contributed by atoms with van der Waals surface area (Å²) in [5.41, 5.74) is 42.9. The van der Waals surface area contributed by atoms with E-state index < -0.39 is 0 Å². The molecule has 4 heteroatoms. The summed E-state index contributed by atoms with van der Waals surface area (Å²) in [6.45, 7) is 23.9. The van der Waals surface area contributed by atoms with Gasteiger partial charge in [0.05, 0.1) is 22.4 Å². The van der Waals surface area contributed by atoms with Crippen molar-refractivity contribution in [1.29, 1.82) is 0 Å². The molecule has 0 aliphatic heterocycles. The lowest BCUT2D eigenvalue weighted by atomic mass is 9.81. The number of hydrogen-bond donors (Lipinski definition) is 0. The second-order valence-corrected chi connectivity index (χ2v) is 35.6. The van der Waals surface area contributed by atoms with E-state index in [1.165, 1.54) is 178 Å². The Morgan fingerprint density at radius 3 is 0.906 bits per heavy atom. The molecule has 0 saturated heterocycles. The number of hydrogen-bond acceptors (Lipinski definition) is 2. The van der Waals surface area contributed by atoms with Crippen LogP contribution in [0, 0.1) is 0 Å². The van der Waals surface area contributed by atoms with Crippen molar-refractivity contribution in [3.05, 3.63) is 420 Å². The monoisotopic (exact) mass is 1500 g/mol. The fourth-order valence-electron chi connectivity index (χ4n) is 21.5. The minimum atomic E-state index is -0.203. The van der Waals surface area contributed by atoms with E-state index in [2.05, 4.69) is 452 Å². The molecule has 2 heterocycles. The fourth-order valence-corrected chi connectivity index (χ4v) is 21.5. The van der Waals surface area contributed by atoms with Gasteiger partial charge in [0.15, 0.2) is 0 Å². The number of anilines is 6. The average molecular weight is 1500 g/mol. The Morgan fingerprint density at radius 1 is 0.197 bits per heavy atom. The van der Waals surface area contributed by atoms with Crippen LogP contribution >= 0.6 is 0 Å². The van der Waals surface area contributed by atoms with Gasteiger partial charge < -0.3 is 18.9 Å². The maximum atomic E-state index is 2.56. The van der Waals surface area contributed by atoms with Gasteiger partial charge in [-0.25, -0.2) is 0 Å². The van der Waals surface area contributed by atoms with E-state index in [4.69, 9.17) is 0 Å². The Morgan fingerprint density at radius 2 is 0.487 bits per heavy atom. The number of rotatable bonds is 10. The van der Waals surface area contributed by atoms with E-state index in [1.807, 2.05) is 0 Å². The highest BCUT2D eigenvalue weighted by Crippen LogP contribution is 2.60. The molecule has 117 heavy (non-hydrogen) atoms. The van der Waals surface area contributed by atoms with Crippen molar-refractivity contribution in [2.75, 3.05) is 9.80 Å². The van der Waals surface area contributed by atoms with E-state index in [-0.39, 0.29) is 27.1 Å². The number of fused-ring (bicyclic) bond motifs is 20. The highest BCUT2D eigenvalue weighted by Gasteiger charge is 2.45. The lowest BCUT2D eigenvalue weighted by molar-refractivity contribution is 0.659. The summed E-state index contributed by atoms with van der Waals surface area (Å²) < 4.78 is 5.08. The second-order valence-electron chi connectivity index (χ2n) is 35.6. The second kappa shape index (κ2) is 25.7. The highest BCUT2D eigenvalue weighted by molar-refractivity contribution is 6.05. The van der Waals surface area contributed by atoms with Gasteiger partial charge in [-0.05, 0) is 231 Å². The van der Waals surface area contributed by atoms with Crippen LogP contribution in [0.2, 0.25) is 0 Å². The Hall–Kier alpha value is -13.5. The van der Waals surface area contributed by atoms with E-state index in [9.17, 15) is 0 Å². The SMILES string of the molecule is CC1(C)c2ccccc2-c2ccc(N(c3ccc(-c4ccccc4)cc3)c3ccc4c(c3)c3c(n4-c4ccc5c(c4)C(C)(C)c4ccccc4-5)-c4ccccc4C3(C)C)cc21.CC1(C)c2ccccc2-c2ccc(N(c3ccc(-c4ccccc4)cc3)c3ccc4c(c3)c3c(n4-c4ccc5ccccc5c4)-c4ccccc4C3(C)C)cc21. The standard InChI is InChI=1S/C59H48N2.C54H42N2/c1-57(2)49-21-13-10-18-43(49)45-31-28-41(35-52(45)57)60(39-26-24-38(25-27-39)37-16-8-7-9-17-37)40-30-33-54-48(34-40)55-56(47-20-12-15-23-51(47)59(55,5)6)61(54)42-29-32-46-44-19-11-14-22-50(44)58(3,4)53(46)36-42;1-53(2)47-20-12-10-18-43(47)44-30-28-42(34-49(44)53)55(39-25-22-37(23-26-39)35-14-6-5-7-15-35)41-29-31-50-46(33-41)51-52(45-19-11-13-21-48(45)54(51,3)4)56(50)40-27-24-36-16-8-9-17-38(36)32-40/h7-36H,1-6H3;5-34H,1-4H3. The molecule has 0 radical (unpaired) electrons. The number of aromatic nitrogens is 2. The molecule has 18 aromatic rings. The zero-order chi connectivity index (χ0) is 79.2. The Balaban J connectivity index is 0.000000142. The first-order valence-corrected chi connectivity index (χ1v) is 41.5. The molecular formula is C113H90N4. The summed E-state index contributed by atoms with van der Waals surface area (Å²) in [4.78, 5) is 4.93. The van der Waals surface area contributed by atoms with Crippen molar-refractivity contribution in [1.82, 2.24) is 9.13 Å². The van der Waals surface area contributed by atoms with Crippen molar-refractivity contribution in [3.8, 4) is 89.5 Å². The van der Waals surface area contributed by atoms with E-state index in [1.54, 1.807) is 0 Å². The van der Waals surface area contributed by atoms with Gasteiger partial charge in [0.2, 0.25) is 0 Å². The molecule has 5 aliphatic carbocycles. The maximum absolute atomic E-state index is 2.56. The van der Waals surface area contributed by atoms with Crippen molar-refractivity contribution >= 4 is 66.7 Å². The molecule has 23 rings (SSSR count). The molecule has 0 spiro atoms. The van der Waals surface area contributed by atoms with Crippen LogP contribution in [-0.4, -0.2) is 9.13 Å². The molecule has 0 N–H and O–H groups in total. The molecule has 562 valence electrons. The molecule has 0 bridgehead atoms. The topological polar surface area (TPSA) is 16.3 Å². The largest absolute Gasteiger partial charge is 0.310 e.